The summed E-state index contributed by atoms with van der Waals surface area (Å²) in [5.74, 6) is 0.172. The second-order valence-electron chi connectivity index (χ2n) is 7.96. The van der Waals surface area contributed by atoms with Crippen LogP contribution in [0.2, 0.25) is 5.02 Å². The summed E-state index contributed by atoms with van der Waals surface area (Å²) >= 11 is 6.35. The van der Waals surface area contributed by atoms with Crippen LogP contribution in [0.15, 0.2) is 24.3 Å². The van der Waals surface area contributed by atoms with Gasteiger partial charge in [0, 0.05) is 17.6 Å². The highest BCUT2D eigenvalue weighted by Gasteiger charge is 2.43. The summed E-state index contributed by atoms with van der Waals surface area (Å²) in [6.45, 7) is 4.68. The Morgan fingerprint density at radius 2 is 2.00 bits per heavy atom. The van der Waals surface area contributed by atoms with Crippen LogP contribution in [0, 0.1) is 10.8 Å². The van der Waals surface area contributed by atoms with Gasteiger partial charge in [-0.05, 0) is 62.2 Å². The molecule has 4 nitrogen and oxygen atoms in total. The van der Waals surface area contributed by atoms with Crippen LogP contribution in [-0.2, 0) is 11.2 Å². The van der Waals surface area contributed by atoms with E-state index in [-0.39, 0.29) is 16.7 Å². The van der Waals surface area contributed by atoms with Crippen molar-refractivity contribution in [1.82, 2.24) is 10.6 Å². The predicted molar refractivity (Wildman–Crippen MR) is 98.0 cm³/mol. The fraction of sp³-hybridized carbons (Fsp3) is 0.632. The maximum atomic E-state index is 13.1. The Balaban J connectivity index is 1.70. The molecule has 1 aliphatic heterocycles. The zero-order valence-corrected chi connectivity index (χ0v) is 15.2. The van der Waals surface area contributed by atoms with E-state index in [1.807, 2.05) is 24.3 Å². The van der Waals surface area contributed by atoms with Crippen LogP contribution < -0.4 is 16.4 Å². The van der Waals surface area contributed by atoms with Gasteiger partial charge in [-0.25, -0.2) is 0 Å². The molecule has 3 rings (SSSR count). The van der Waals surface area contributed by atoms with Crippen molar-refractivity contribution in [3.05, 3.63) is 34.9 Å². The topological polar surface area (TPSA) is 67.2 Å². The molecule has 1 saturated heterocycles. The highest BCUT2D eigenvalue weighted by molar-refractivity contribution is 6.31. The molecule has 1 saturated carbocycles. The van der Waals surface area contributed by atoms with Crippen LogP contribution in [0.1, 0.15) is 38.2 Å². The van der Waals surface area contributed by atoms with E-state index in [0.717, 1.165) is 55.9 Å². The van der Waals surface area contributed by atoms with Gasteiger partial charge in [-0.15, -0.1) is 0 Å². The van der Waals surface area contributed by atoms with Gasteiger partial charge < -0.3 is 16.4 Å². The first-order chi connectivity index (χ1) is 11.4. The highest BCUT2D eigenvalue weighted by atomic mass is 35.5. The lowest BCUT2D eigenvalue weighted by Crippen LogP contribution is -2.54. The van der Waals surface area contributed by atoms with Crippen LogP contribution in [0.4, 0.5) is 0 Å². The van der Waals surface area contributed by atoms with Gasteiger partial charge in [0.2, 0.25) is 5.91 Å². The van der Waals surface area contributed by atoms with Gasteiger partial charge in [-0.3, -0.25) is 4.79 Å². The molecule has 0 atom stereocenters. The van der Waals surface area contributed by atoms with Gasteiger partial charge in [-0.2, -0.15) is 0 Å². The third-order valence-electron chi connectivity index (χ3n) is 5.71. The van der Waals surface area contributed by atoms with Crippen molar-refractivity contribution in [3.8, 4) is 0 Å². The first-order valence-corrected chi connectivity index (χ1v) is 9.28. The minimum atomic E-state index is -0.363. The van der Waals surface area contributed by atoms with E-state index in [9.17, 15) is 4.79 Å². The molecule has 0 spiro atoms. The molecule has 132 valence electrons. The first-order valence-electron chi connectivity index (χ1n) is 8.91. The lowest BCUT2D eigenvalue weighted by Gasteiger charge is -2.45. The quantitative estimate of drug-likeness (QED) is 0.765. The molecule has 2 fully saturated rings. The zero-order valence-electron chi connectivity index (χ0n) is 14.4. The van der Waals surface area contributed by atoms with Crippen LogP contribution >= 0.6 is 11.6 Å². The number of nitrogens with one attached hydrogen (secondary N) is 2. The van der Waals surface area contributed by atoms with E-state index in [1.54, 1.807) is 0 Å². The fourth-order valence-electron chi connectivity index (χ4n) is 4.23. The van der Waals surface area contributed by atoms with E-state index in [4.69, 9.17) is 17.3 Å². The van der Waals surface area contributed by atoms with Crippen molar-refractivity contribution < 1.29 is 4.79 Å². The molecule has 0 aromatic heterocycles. The molecule has 24 heavy (non-hydrogen) atoms. The number of nitrogens with two attached hydrogens (primary N) is 1. The number of rotatable bonds is 5. The van der Waals surface area contributed by atoms with Crippen molar-refractivity contribution in [2.24, 2.45) is 16.6 Å². The molecule has 1 amide bonds. The van der Waals surface area contributed by atoms with Crippen molar-refractivity contribution in [2.75, 3.05) is 19.6 Å². The number of carbonyl (C=O) groups is 1. The number of benzene rings is 1. The molecule has 0 bridgehead atoms. The monoisotopic (exact) mass is 349 g/mol. The van der Waals surface area contributed by atoms with E-state index in [2.05, 4.69) is 17.6 Å². The molecule has 4 N–H and O–H groups in total. The van der Waals surface area contributed by atoms with E-state index >= 15 is 0 Å². The highest BCUT2D eigenvalue weighted by Crippen LogP contribution is 2.40. The summed E-state index contributed by atoms with van der Waals surface area (Å²) in [4.78, 5) is 13.1. The van der Waals surface area contributed by atoms with Gasteiger partial charge in [-0.1, -0.05) is 36.7 Å². The second-order valence-corrected chi connectivity index (χ2v) is 8.37. The largest absolute Gasteiger partial charge is 0.355 e. The lowest BCUT2D eigenvalue weighted by molar-refractivity contribution is -0.133. The second kappa shape index (κ2) is 7.03. The number of halogens is 1. The minimum Gasteiger partial charge on any atom is -0.355 e. The van der Waals surface area contributed by atoms with Crippen molar-refractivity contribution >= 4 is 17.5 Å². The van der Waals surface area contributed by atoms with Crippen LogP contribution in [0.25, 0.3) is 0 Å². The standard InChI is InChI=1S/C19H28ClN3O/c1-18(11-15(21)12-18)13-23-17(24)19(6-8-22-9-7-19)10-14-4-2-3-5-16(14)20/h2-5,15,22H,6-13,21H2,1H3,(H,23,24). The lowest BCUT2D eigenvalue weighted by atomic mass is 9.67. The Hall–Kier alpha value is -1.10. The zero-order chi connectivity index (χ0) is 17.2. The van der Waals surface area contributed by atoms with Gasteiger partial charge in [0.25, 0.3) is 0 Å². The van der Waals surface area contributed by atoms with Gasteiger partial charge in [0.1, 0.15) is 0 Å². The molecular formula is C19H28ClN3O. The number of hydrogen-bond acceptors (Lipinski definition) is 3. The number of amides is 1. The number of piperidine rings is 1. The molecule has 1 aliphatic carbocycles. The number of hydrogen-bond donors (Lipinski definition) is 3. The maximum Gasteiger partial charge on any atom is 0.226 e. The SMILES string of the molecule is CC1(CNC(=O)C2(Cc3ccccc3Cl)CCNCC2)CC(N)C1. The molecule has 5 heteroatoms. The smallest absolute Gasteiger partial charge is 0.226 e. The Kier molecular flexibility index (Phi) is 5.19. The molecule has 0 radical (unpaired) electrons. The molecule has 2 aliphatic rings. The average Bonchev–Trinajstić information content (AvgIpc) is 2.54. The molecule has 1 heterocycles. The van der Waals surface area contributed by atoms with E-state index < -0.39 is 0 Å². The average molecular weight is 350 g/mol. The van der Waals surface area contributed by atoms with Gasteiger partial charge >= 0.3 is 0 Å². The third kappa shape index (κ3) is 3.76. The Labute approximate surface area is 149 Å². The van der Waals surface area contributed by atoms with Crippen LogP contribution in [-0.4, -0.2) is 31.6 Å². The summed E-state index contributed by atoms with van der Waals surface area (Å²) in [5, 5.41) is 7.35. The van der Waals surface area contributed by atoms with Crippen molar-refractivity contribution in [2.45, 2.75) is 45.1 Å². The van der Waals surface area contributed by atoms with Gasteiger partial charge in [0.15, 0.2) is 0 Å². The van der Waals surface area contributed by atoms with Crippen LogP contribution in [0.3, 0.4) is 0 Å². The van der Waals surface area contributed by atoms with Crippen LogP contribution in [0.5, 0.6) is 0 Å². The Bertz CT molecular complexity index is 592. The predicted octanol–water partition coefficient (Wildman–Crippen LogP) is 2.50. The summed E-state index contributed by atoms with van der Waals surface area (Å²) in [5.41, 5.74) is 6.77. The molecule has 1 aromatic carbocycles. The maximum absolute atomic E-state index is 13.1. The Morgan fingerprint density at radius 1 is 1.33 bits per heavy atom. The summed E-state index contributed by atoms with van der Waals surface area (Å²) < 4.78 is 0. The fourth-order valence-corrected chi connectivity index (χ4v) is 4.43. The molecular weight excluding hydrogens is 322 g/mol. The molecule has 0 unspecified atom stereocenters. The summed E-state index contributed by atoms with van der Waals surface area (Å²) in [6, 6.07) is 8.15. The van der Waals surface area contributed by atoms with Crippen molar-refractivity contribution in [3.63, 3.8) is 0 Å². The Morgan fingerprint density at radius 3 is 2.62 bits per heavy atom. The number of carbonyl (C=O) groups excluding carboxylic acids is 1. The van der Waals surface area contributed by atoms with E-state index in [1.165, 1.54) is 0 Å². The summed E-state index contributed by atoms with van der Waals surface area (Å²) in [6.07, 6.45) is 4.38. The van der Waals surface area contributed by atoms with Crippen molar-refractivity contribution in [1.29, 1.82) is 0 Å². The minimum absolute atomic E-state index is 0.160. The third-order valence-corrected chi connectivity index (χ3v) is 6.08. The summed E-state index contributed by atoms with van der Waals surface area (Å²) in [7, 11) is 0. The normalized spacial score (nSPS) is 28.9. The first kappa shape index (κ1) is 17.7. The molecule has 1 aromatic rings. The van der Waals surface area contributed by atoms with E-state index in [0.29, 0.717) is 12.5 Å². The van der Waals surface area contributed by atoms with Gasteiger partial charge in [0.05, 0.1) is 5.41 Å².